The number of para-hydroxylation sites is 1. The molecule has 0 unspecified atom stereocenters. The van der Waals surface area contributed by atoms with E-state index in [0.717, 1.165) is 61.8 Å². The smallest absolute Gasteiger partial charge is 0.132 e. The number of hydrogen-bond acceptors (Lipinski definition) is 3. The molecule has 0 amide bonds. The monoisotopic (exact) mass is 695 g/mol. The minimum absolute atomic E-state index is 0. The summed E-state index contributed by atoms with van der Waals surface area (Å²) in [6, 6.07) is 43.1. The predicted molar refractivity (Wildman–Crippen MR) is 157 cm³/mol. The van der Waals surface area contributed by atoms with Gasteiger partial charge in [-0.15, -0.1) is 53.6 Å². The van der Waals surface area contributed by atoms with Crippen LogP contribution in [0.15, 0.2) is 122 Å². The third kappa shape index (κ3) is 5.65. The summed E-state index contributed by atoms with van der Waals surface area (Å²) in [6.45, 7) is 4.08. The average Bonchev–Trinajstić information content (AvgIpc) is 3.13. The van der Waals surface area contributed by atoms with E-state index in [0.29, 0.717) is 0 Å². The third-order valence-corrected chi connectivity index (χ3v) is 6.62. The number of pyridine rings is 2. The van der Waals surface area contributed by atoms with Gasteiger partial charge in [-0.05, 0) is 53.6 Å². The Morgan fingerprint density at radius 3 is 1.88 bits per heavy atom. The fraction of sp³-hybridized carbons (Fsp3) is 0.0556. The number of hydrogen-bond donors (Lipinski definition) is 0. The summed E-state index contributed by atoms with van der Waals surface area (Å²) in [5.74, 6) is 1.70. The fourth-order valence-corrected chi connectivity index (χ4v) is 4.66. The van der Waals surface area contributed by atoms with Gasteiger partial charge in [-0.2, -0.15) is 0 Å². The van der Waals surface area contributed by atoms with Gasteiger partial charge in [0.15, 0.2) is 0 Å². The summed E-state index contributed by atoms with van der Waals surface area (Å²) in [7, 11) is 0. The van der Waals surface area contributed by atoms with Crippen LogP contribution >= 0.6 is 0 Å². The van der Waals surface area contributed by atoms with Crippen LogP contribution < -0.4 is 4.74 Å². The fourth-order valence-electron chi connectivity index (χ4n) is 4.66. The maximum Gasteiger partial charge on any atom is 0.132 e. The second kappa shape index (κ2) is 12.2. The molecule has 0 aliphatic carbocycles. The van der Waals surface area contributed by atoms with Crippen LogP contribution in [0.1, 0.15) is 11.1 Å². The first kappa shape index (κ1) is 27.2. The van der Waals surface area contributed by atoms with Crippen molar-refractivity contribution >= 4 is 0 Å². The number of benzene rings is 4. The molecular weight excluding hydrogens is 669 g/mol. The van der Waals surface area contributed by atoms with E-state index >= 15 is 0 Å². The van der Waals surface area contributed by atoms with Gasteiger partial charge in [0.2, 0.25) is 0 Å². The molecule has 0 fully saturated rings. The van der Waals surface area contributed by atoms with E-state index in [1.165, 1.54) is 5.56 Å². The number of rotatable bonds is 2. The number of fused-ring (bicyclic) bond motifs is 5. The second-order valence-electron chi connectivity index (χ2n) is 9.45. The Morgan fingerprint density at radius 2 is 1.20 bits per heavy atom. The molecule has 40 heavy (non-hydrogen) atoms. The molecule has 3 heterocycles. The molecule has 1 aliphatic rings. The Bertz CT molecular complexity index is 1730. The van der Waals surface area contributed by atoms with Crippen molar-refractivity contribution in [1.82, 2.24) is 9.97 Å². The van der Waals surface area contributed by atoms with Crippen molar-refractivity contribution in [2.45, 2.75) is 13.8 Å². The summed E-state index contributed by atoms with van der Waals surface area (Å²) in [5, 5.41) is 0. The molecular formula is C36H26IrN2O-2. The van der Waals surface area contributed by atoms with Crippen molar-refractivity contribution in [1.29, 1.82) is 0 Å². The molecule has 2 aromatic heterocycles. The number of aryl methyl sites for hydroxylation is 2. The molecule has 0 spiro atoms. The van der Waals surface area contributed by atoms with Crippen molar-refractivity contribution in [3.05, 3.63) is 145 Å². The molecule has 197 valence electrons. The van der Waals surface area contributed by atoms with E-state index in [9.17, 15) is 0 Å². The molecule has 1 aliphatic heterocycles. The largest absolute Gasteiger partial charge is 0.476 e. The Balaban J connectivity index is 0.000000195. The van der Waals surface area contributed by atoms with E-state index in [4.69, 9.17) is 4.74 Å². The van der Waals surface area contributed by atoms with Crippen LogP contribution in [0.4, 0.5) is 0 Å². The van der Waals surface area contributed by atoms with E-state index in [1.54, 1.807) is 0 Å². The van der Waals surface area contributed by atoms with E-state index in [1.807, 2.05) is 93.0 Å². The van der Waals surface area contributed by atoms with Gasteiger partial charge in [0.1, 0.15) is 5.75 Å². The zero-order valence-corrected chi connectivity index (χ0v) is 24.6. The van der Waals surface area contributed by atoms with E-state index in [2.05, 4.69) is 64.6 Å². The van der Waals surface area contributed by atoms with Crippen molar-refractivity contribution < 1.29 is 24.8 Å². The standard InChI is InChI=1S/C24H16NO.C12H10N.Ir/c1-16-13-14-21(25-15-16)20-10-6-12-23-24(20)19-9-3-2-7-17(19)18-8-4-5-11-22(18)26-23;1-10-7-8-12(13-9-10)11-5-3-2-4-6-11;/h2-9,11-15H,1H3;2-5,7-9H,1H3;/q2*-1;. The van der Waals surface area contributed by atoms with E-state index in [-0.39, 0.29) is 20.1 Å². The van der Waals surface area contributed by atoms with E-state index < -0.39 is 0 Å². The van der Waals surface area contributed by atoms with Crippen molar-refractivity contribution in [3.63, 3.8) is 0 Å². The van der Waals surface area contributed by atoms with Crippen LogP contribution in [-0.2, 0) is 20.1 Å². The zero-order chi connectivity index (χ0) is 26.6. The maximum atomic E-state index is 6.32. The van der Waals surface area contributed by atoms with Gasteiger partial charge in [-0.25, -0.2) is 0 Å². The first-order valence-corrected chi connectivity index (χ1v) is 12.9. The van der Waals surface area contributed by atoms with Crippen LogP contribution in [0.25, 0.3) is 44.8 Å². The average molecular weight is 695 g/mol. The Labute approximate surface area is 248 Å². The van der Waals surface area contributed by atoms with Crippen LogP contribution in [0, 0.1) is 26.0 Å². The maximum absolute atomic E-state index is 6.32. The topological polar surface area (TPSA) is 35.0 Å². The number of nitrogens with zero attached hydrogens (tertiary/aromatic N) is 2. The van der Waals surface area contributed by atoms with Crippen molar-refractivity contribution in [2.24, 2.45) is 0 Å². The van der Waals surface area contributed by atoms with Gasteiger partial charge < -0.3 is 14.7 Å². The molecule has 6 aromatic rings. The SMILES string of the molecule is Cc1ccc(-c2[c-]ccc3c2-c2ccccc2-c2ccccc2O3)nc1.Cc1ccc(-c2[c-]cccc2)nc1.[Ir]. The summed E-state index contributed by atoms with van der Waals surface area (Å²) in [4.78, 5) is 8.94. The van der Waals surface area contributed by atoms with Gasteiger partial charge in [-0.3, -0.25) is 0 Å². The van der Waals surface area contributed by atoms with Crippen LogP contribution in [0.2, 0.25) is 0 Å². The summed E-state index contributed by atoms with van der Waals surface area (Å²) in [5.41, 5.74) is 10.6. The van der Waals surface area contributed by atoms with Gasteiger partial charge in [-0.1, -0.05) is 78.4 Å². The van der Waals surface area contributed by atoms with Crippen LogP contribution in [-0.4, -0.2) is 9.97 Å². The Hall–Kier alpha value is -4.37. The molecule has 0 atom stereocenters. The minimum Gasteiger partial charge on any atom is -0.476 e. The first-order valence-electron chi connectivity index (χ1n) is 12.9. The second-order valence-corrected chi connectivity index (χ2v) is 9.45. The molecule has 4 heteroatoms. The normalized spacial score (nSPS) is 10.8. The molecule has 0 bridgehead atoms. The summed E-state index contributed by atoms with van der Waals surface area (Å²) >= 11 is 0. The third-order valence-electron chi connectivity index (χ3n) is 6.62. The molecule has 3 nitrogen and oxygen atoms in total. The summed E-state index contributed by atoms with van der Waals surface area (Å²) < 4.78 is 6.32. The number of aromatic nitrogens is 2. The molecule has 0 saturated heterocycles. The van der Waals surface area contributed by atoms with Gasteiger partial charge in [0.25, 0.3) is 0 Å². The van der Waals surface area contributed by atoms with Gasteiger partial charge >= 0.3 is 0 Å². The molecule has 1 radical (unpaired) electrons. The molecule has 4 aromatic carbocycles. The Morgan fingerprint density at radius 1 is 0.550 bits per heavy atom. The minimum atomic E-state index is 0. The van der Waals surface area contributed by atoms with Gasteiger partial charge in [0.05, 0.1) is 5.75 Å². The predicted octanol–water partition coefficient (Wildman–Crippen LogP) is 9.15. The van der Waals surface area contributed by atoms with Crippen LogP contribution in [0.3, 0.4) is 0 Å². The molecule has 0 saturated carbocycles. The zero-order valence-electron chi connectivity index (χ0n) is 22.2. The van der Waals surface area contributed by atoms with Crippen LogP contribution in [0.5, 0.6) is 11.5 Å². The quantitative estimate of drug-likeness (QED) is 0.169. The Kier molecular flexibility index (Phi) is 8.31. The van der Waals surface area contributed by atoms with Crippen molar-refractivity contribution in [3.8, 4) is 56.3 Å². The molecule has 7 rings (SSSR count). The first-order chi connectivity index (χ1) is 19.2. The number of ether oxygens (including phenoxy) is 1. The molecule has 0 N–H and O–H groups in total. The van der Waals surface area contributed by atoms with Crippen molar-refractivity contribution in [2.75, 3.05) is 0 Å². The summed E-state index contributed by atoms with van der Waals surface area (Å²) in [6.07, 6.45) is 3.76. The van der Waals surface area contributed by atoms with Gasteiger partial charge in [0, 0.05) is 38.1 Å².